The molecule has 0 N–H and O–H groups in total. The lowest BCUT2D eigenvalue weighted by atomic mass is 9.71. The zero-order valence-corrected chi connectivity index (χ0v) is 12.6. The van der Waals surface area contributed by atoms with Crippen LogP contribution in [0.4, 0.5) is 0 Å². The van der Waals surface area contributed by atoms with E-state index in [1.165, 1.54) is 5.57 Å². The third kappa shape index (κ3) is 3.74. The third-order valence-electron chi connectivity index (χ3n) is 4.21. The second-order valence-corrected chi connectivity index (χ2v) is 6.60. The molecule has 0 aromatic heterocycles. The Balaban J connectivity index is 2.59. The highest BCUT2D eigenvalue weighted by Gasteiger charge is 2.36. The van der Waals surface area contributed by atoms with Crippen LogP contribution in [-0.4, -0.2) is 17.5 Å². The number of hydrogen-bond donors (Lipinski definition) is 0. The summed E-state index contributed by atoms with van der Waals surface area (Å²) >= 11 is 6.11. The van der Waals surface area contributed by atoms with E-state index in [9.17, 15) is 4.79 Å². The Labute approximate surface area is 116 Å². The van der Waals surface area contributed by atoms with Crippen LogP contribution in [0.5, 0.6) is 0 Å². The number of ether oxygens (including phenoxy) is 1. The first-order valence-corrected chi connectivity index (χ1v) is 7.26. The average Bonchev–Trinajstić information content (AvgIpc) is 2.36. The Hall–Kier alpha value is -0.500. The number of hydrogen-bond acceptors (Lipinski definition) is 2. The molecular weight excluding hydrogens is 248 g/mol. The maximum atomic E-state index is 11.9. The smallest absolute Gasteiger partial charge is 0.326 e. The molecule has 0 aromatic carbocycles. The summed E-state index contributed by atoms with van der Waals surface area (Å²) in [6, 6.07) is 0. The largest absolute Gasteiger partial charge is 0.464 e. The van der Waals surface area contributed by atoms with E-state index < -0.39 is 4.87 Å². The Morgan fingerprint density at radius 3 is 2.72 bits per heavy atom. The van der Waals surface area contributed by atoms with Gasteiger partial charge in [0.2, 0.25) is 0 Å². The molecule has 3 heteroatoms. The van der Waals surface area contributed by atoms with Gasteiger partial charge < -0.3 is 4.74 Å². The topological polar surface area (TPSA) is 26.3 Å². The molecule has 2 nitrogen and oxygen atoms in total. The molecule has 0 saturated heterocycles. The molecular formula is C15H25ClO2. The van der Waals surface area contributed by atoms with Gasteiger partial charge in [-0.05, 0) is 45.4 Å². The van der Waals surface area contributed by atoms with E-state index in [0.717, 1.165) is 32.1 Å². The fourth-order valence-corrected chi connectivity index (χ4v) is 2.52. The fourth-order valence-electron chi connectivity index (χ4n) is 2.46. The fraction of sp³-hybridized carbons (Fsp3) is 0.800. The lowest BCUT2D eigenvalue weighted by Crippen LogP contribution is -2.36. The Bertz CT molecular complexity index is 322. The van der Waals surface area contributed by atoms with Crippen molar-refractivity contribution in [2.45, 2.75) is 64.2 Å². The number of rotatable bonds is 5. The first-order valence-electron chi connectivity index (χ1n) is 6.88. The number of esters is 1. The lowest BCUT2D eigenvalue weighted by Gasteiger charge is -2.37. The highest BCUT2D eigenvalue weighted by atomic mass is 35.5. The molecule has 0 radical (unpaired) electrons. The normalized spacial score (nSPS) is 27.7. The van der Waals surface area contributed by atoms with Gasteiger partial charge in [-0.25, -0.2) is 0 Å². The Morgan fingerprint density at radius 2 is 2.22 bits per heavy atom. The van der Waals surface area contributed by atoms with Gasteiger partial charge in [-0.3, -0.25) is 4.79 Å². The van der Waals surface area contributed by atoms with Crippen LogP contribution >= 0.6 is 11.6 Å². The first-order chi connectivity index (χ1) is 8.35. The molecule has 0 amide bonds. The van der Waals surface area contributed by atoms with Crippen molar-refractivity contribution in [3.8, 4) is 0 Å². The zero-order chi connectivity index (χ0) is 13.8. The van der Waals surface area contributed by atoms with Gasteiger partial charge in [0, 0.05) is 5.41 Å². The van der Waals surface area contributed by atoms with Gasteiger partial charge in [0.25, 0.3) is 0 Å². The molecule has 1 aliphatic rings. The number of alkyl halides is 1. The molecule has 1 saturated carbocycles. The van der Waals surface area contributed by atoms with Gasteiger partial charge in [0.15, 0.2) is 0 Å². The van der Waals surface area contributed by atoms with Crippen LogP contribution in [0, 0.1) is 5.41 Å². The van der Waals surface area contributed by atoms with Gasteiger partial charge in [0.05, 0.1) is 6.61 Å². The molecule has 0 bridgehead atoms. The van der Waals surface area contributed by atoms with E-state index in [-0.39, 0.29) is 11.4 Å². The molecule has 0 heterocycles. The summed E-state index contributed by atoms with van der Waals surface area (Å²) in [7, 11) is 0. The predicted molar refractivity (Wildman–Crippen MR) is 75.8 cm³/mol. The summed E-state index contributed by atoms with van der Waals surface area (Å²) in [5.41, 5.74) is 1.37. The van der Waals surface area contributed by atoms with Gasteiger partial charge >= 0.3 is 5.97 Å². The van der Waals surface area contributed by atoms with Gasteiger partial charge in [0.1, 0.15) is 4.87 Å². The summed E-state index contributed by atoms with van der Waals surface area (Å²) in [5, 5.41) is 0. The lowest BCUT2D eigenvalue weighted by molar-refractivity contribution is -0.150. The summed E-state index contributed by atoms with van der Waals surface area (Å²) in [6.45, 7) is 10.3. The molecule has 1 fully saturated rings. The second kappa shape index (κ2) is 6.10. The van der Waals surface area contributed by atoms with E-state index in [1.807, 2.05) is 6.92 Å². The number of carbonyl (C=O) groups excluding carboxylic acids is 1. The maximum Gasteiger partial charge on any atom is 0.326 e. The number of allylic oxidation sites excluding steroid dienone is 1. The molecule has 18 heavy (non-hydrogen) atoms. The maximum absolute atomic E-state index is 11.9. The minimum absolute atomic E-state index is 0.0890. The van der Waals surface area contributed by atoms with Crippen LogP contribution in [0.15, 0.2) is 12.2 Å². The van der Waals surface area contributed by atoms with Crippen molar-refractivity contribution >= 4 is 17.6 Å². The summed E-state index contributed by atoms with van der Waals surface area (Å²) in [4.78, 5) is 11.0. The quantitative estimate of drug-likeness (QED) is 0.419. The van der Waals surface area contributed by atoms with Gasteiger partial charge in [-0.15, -0.1) is 11.6 Å². The molecule has 1 rings (SSSR count). The van der Waals surface area contributed by atoms with Crippen LogP contribution < -0.4 is 0 Å². The minimum atomic E-state index is -0.888. The highest BCUT2D eigenvalue weighted by molar-refractivity contribution is 6.33. The predicted octanol–water partition coefficient (Wildman–Crippen LogP) is 4.46. The van der Waals surface area contributed by atoms with E-state index in [0.29, 0.717) is 13.0 Å². The molecule has 0 aliphatic heterocycles. The van der Waals surface area contributed by atoms with Crippen molar-refractivity contribution in [3.05, 3.63) is 12.2 Å². The Kier molecular flexibility index (Phi) is 5.27. The standard InChI is InChI=1S/C15H25ClO2/c1-5-14(4,16)13(17)18-11-15(6-2)9-7-8-12(3)10-15/h3,5-11H2,1-2,4H3. The van der Waals surface area contributed by atoms with E-state index in [1.54, 1.807) is 6.92 Å². The molecule has 2 atom stereocenters. The van der Waals surface area contributed by atoms with Gasteiger partial charge in [-0.2, -0.15) is 0 Å². The van der Waals surface area contributed by atoms with E-state index in [4.69, 9.17) is 16.3 Å². The van der Waals surface area contributed by atoms with Crippen LogP contribution in [0.1, 0.15) is 59.3 Å². The summed E-state index contributed by atoms with van der Waals surface area (Å²) in [5.74, 6) is -0.296. The van der Waals surface area contributed by atoms with E-state index >= 15 is 0 Å². The van der Waals surface area contributed by atoms with Crippen molar-refractivity contribution in [3.63, 3.8) is 0 Å². The monoisotopic (exact) mass is 272 g/mol. The van der Waals surface area contributed by atoms with Crippen molar-refractivity contribution < 1.29 is 9.53 Å². The summed E-state index contributed by atoms with van der Waals surface area (Å²) < 4.78 is 5.47. The Morgan fingerprint density at radius 1 is 1.56 bits per heavy atom. The van der Waals surface area contributed by atoms with Crippen LogP contribution in [0.3, 0.4) is 0 Å². The molecule has 0 spiro atoms. The third-order valence-corrected chi connectivity index (χ3v) is 4.63. The zero-order valence-electron chi connectivity index (χ0n) is 11.9. The average molecular weight is 273 g/mol. The van der Waals surface area contributed by atoms with Gasteiger partial charge in [-0.1, -0.05) is 26.0 Å². The molecule has 2 unspecified atom stereocenters. The highest BCUT2D eigenvalue weighted by Crippen LogP contribution is 2.41. The van der Waals surface area contributed by atoms with Crippen molar-refractivity contribution in [2.24, 2.45) is 5.41 Å². The minimum Gasteiger partial charge on any atom is -0.464 e. The molecule has 1 aliphatic carbocycles. The van der Waals surface area contributed by atoms with Crippen LogP contribution in [0.2, 0.25) is 0 Å². The SMILES string of the molecule is C=C1CCCC(CC)(COC(=O)C(C)(Cl)CC)C1. The van der Waals surface area contributed by atoms with E-state index in [2.05, 4.69) is 13.5 Å². The second-order valence-electron chi connectivity index (χ2n) is 5.76. The molecule has 104 valence electrons. The first kappa shape index (κ1) is 15.6. The number of carbonyl (C=O) groups is 1. The van der Waals surface area contributed by atoms with Crippen molar-refractivity contribution in [1.29, 1.82) is 0 Å². The number of halogens is 1. The van der Waals surface area contributed by atoms with Crippen molar-refractivity contribution in [1.82, 2.24) is 0 Å². The summed E-state index contributed by atoms with van der Waals surface area (Å²) in [6.07, 6.45) is 5.94. The van der Waals surface area contributed by atoms with Crippen LogP contribution in [0.25, 0.3) is 0 Å². The van der Waals surface area contributed by atoms with Crippen molar-refractivity contribution in [2.75, 3.05) is 6.61 Å². The van der Waals surface area contributed by atoms with Crippen LogP contribution in [-0.2, 0) is 9.53 Å². The molecule has 0 aromatic rings.